The summed E-state index contributed by atoms with van der Waals surface area (Å²) in [7, 11) is 0. The maximum Gasteiger partial charge on any atom is 0.172 e. The average Bonchev–Trinajstić information content (AvgIpc) is 2.76. The number of nitrogens with zero attached hydrogens (tertiary/aromatic N) is 3. The molecule has 16 heavy (non-hydrogen) atoms. The highest BCUT2D eigenvalue weighted by atomic mass is 32.1. The zero-order chi connectivity index (χ0) is 11.2. The van der Waals surface area contributed by atoms with Crippen LogP contribution in [0.5, 0.6) is 11.5 Å². The minimum atomic E-state index is -0.0897. The van der Waals surface area contributed by atoms with Gasteiger partial charge in [-0.2, -0.15) is 0 Å². The maximum atomic E-state index is 8.06. The highest BCUT2D eigenvalue weighted by molar-refractivity contribution is 7.08. The lowest BCUT2D eigenvalue weighted by Crippen LogP contribution is -2.33. The molecule has 0 amide bonds. The summed E-state index contributed by atoms with van der Waals surface area (Å²) in [5, 5.41) is 7.18. The molecule has 1 atom stereocenters. The van der Waals surface area contributed by atoms with Gasteiger partial charge in [-0.15, -0.1) is 11.3 Å². The molecule has 0 aromatic carbocycles. The zero-order valence-electron chi connectivity index (χ0n) is 8.54. The van der Waals surface area contributed by atoms with Crippen molar-refractivity contribution in [2.24, 2.45) is 5.11 Å². The van der Waals surface area contributed by atoms with E-state index in [2.05, 4.69) is 10.0 Å². The van der Waals surface area contributed by atoms with Crippen LogP contribution in [0.1, 0.15) is 0 Å². The van der Waals surface area contributed by atoms with Crippen LogP contribution in [-0.4, -0.2) is 32.5 Å². The summed E-state index contributed by atoms with van der Waals surface area (Å²) in [5.74, 6) is 1.58. The quantitative estimate of drug-likeness (QED) is 0.343. The molecule has 0 fully saturated rings. The first-order valence-corrected chi connectivity index (χ1v) is 5.78. The van der Waals surface area contributed by atoms with E-state index in [1.165, 1.54) is 0 Å². The maximum absolute atomic E-state index is 8.06. The average molecular weight is 241 g/mol. The van der Waals surface area contributed by atoms with Crippen molar-refractivity contribution in [1.29, 1.82) is 0 Å². The molecular weight excluding hydrogens is 230 g/mol. The first-order valence-electron chi connectivity index (χ1n) is 4.84. The standard InChI is InChI=1S/C9H11N3O3S/c10-12-11-1-2-13-3-7-4-14-8-5-16-6-9(8)15-7/h5-7H,1-4H2. The van der Waals surface area contributed by atoms with E-state index in [1.807, 2.05) is 10.8 Å². The lowest BCUT2D eigenvalue weighted by molar-refractivity contribution is 0.0118. The topological polar surface area (TPSA) is 76.5 Å². The third-order valence-electron chi connectivity index (χ3n) is 2.01. The molecule has 2 heterocycles. The number of rotatable bonds is 5. The van der Waals surface area contributed by atoms with E-state index in [0.29, 0.717) is 26.4 Å². The molecule has 1 aliphatic heterocycles. The molecule has 0 bridgehead atoms. The van der Waals surface area contributed by atoms with E-state index in [1.54, 1.807) is 11.3 Å². The highest BCUT2D eigenvalue weighted by Crippen LogP contribution is 2.35. The Morgan fingerprint density at radius 1 is 1.56 bits per heavy atom. The van der Waals surface area contributed by atoms with Gasteiger partial charge in [-0.05, 0) is 5.53 Å². The van der Waals surface area contributed by atoms with Crippen molar-refractivity contribution < 1.29 is 14.2 Å². The Labute approximate surface area is 96.4 Å². The van der Waals surface area contributed by atoms with Crippen LogP contribution < -0.4 is 9.47 Å². The summed E-state index contributed by atoms with van der Waals surface area (Å²) in [4.78, 5) is 2.63. The van der Waals surface area contributed by atoms with Gasteiger partial charge in [0.1, 0.15) is 6.61 Å². The van der Waals surface area contributed by atoms with Crippen LogP contribution in [0.25, 0.3) is 10.4 Å². The fraction of sp³-hybridized carbons (Fsp3) is 0.556. The Bertz CT molecular complexity index is 389. The number of hydrogen-bond acceptors (Lipinski definition) is 5. The molecule has 0 aliphatic carbocycles. The van der Waals surface area contributed by atoms with E-state index in [-0.39, 0.29) is 6.10 Å². The summed E-state index contributed by atoms with van der Waals surface area (Å²) in [6.07, 6.45) is -0.0897. The third-order valence-corrected chi connectivity index (χ3v) is 2.71. The van der Waals surface area contributed by atoms with Gasteiger partial charge in [0.05, 0.1) is 13.2 Å². The van der Waals surface area contributed by atoms with E-state index >= 15 is 0 Å². The van der Waals surface area contributed by atoms with Crippen molar-refractivity contribution in [3.05, 3.63) is 21.2 Å². The van der Waals surface area contributed by atoms with Gasteiger partial charge in [-0.25, -0.2) is 0 Å². The van der Waals surface area contributed by atoms with Crippen molar-refractivity contribution in [2.75, 3.05) is 26.4 Å². The van der Waals surface area contributed by atoms with Gasteiger partial charge in [-0.1, -0.05) is 5.11 Å². The minimum absolute atomic E-state index is 0.0897. The molecule has 0 spiro atoms. The number of fused-ring (bicyclic) bond motifs is 1. The lowest BCUT2D eigenvalue weighted by Gasteiger charge is -2.24. The molecule has 1 aliphatic rings. The number of ether oxygens (including phenoxy) is 3. The van der Waals surface area contributed by atoms with Gasteiger partial charge in [0.25, 0.3) is 0 Å². The van der Waals surface area contributed by atoms with Gasteiger partial charge in [0, 0.05) is 22.2 Å². The first-order chi connectivity index (χ1) is 7.90. The molecule has 2 rings (SSSR count). The molecule has 0 saturated carbocycles. The molecule has 0 N–H and O–H groups in total. The Morgan fingerprint density at radius 3 is 3.31 bits per heavy atom. The summed E-state index contributed by atoms with van der Waals surface area (Å²) >= 11 is 1.55. The normalized spacial score (nSPS) is 17.9. The van der Waals surface area contributed by atoms with E-state index in [4.69, 9.17) is 19.7 Å². The van der Waals surface area contributed by atoms with Crippen molar-refractivity contribution >= 4 is 11.3 Å². The summed E-state index contributed by atoms with van der Waals surface area (Å²) < 4.78 is 16.4. The van der Waals surface area contributed by atoms with Crippen LogP contribution in [-0.2, 0) is 4.74 Å². The molecule has 1 aromatic rings. The van der Waals surface area contributed by atoms with Crippen molar-refractivity contribution in [1.82, 2.24) is 0 Å². The molecule has 1 unspecified atom stereocenters. The largest absolute Gasteiger partial charge is 0.485 e. The fourth-order valence-electron chi connectivity index (χ4n) is 1.31. The van der Waals surface area contributed by atoms with Crippen LogP contribution in [0.15, 0.2) is 15.9 Å². The van der Waals surface area contributed by atoms with E-state index < -0.39 is 0 Å². The number of azide groups is 1. The van der Waals surface area contributed by atoms with Gasteiger partial charge in [0.2, 0.25) is 0 Å². The van der Waals surface area contributed by atoms with Crippen LogP contribution in [0.2, 0.25) is 0 Å². The van der Waals surface area contributed by atoms with Gasteiger partial charge >= 0.3 is 0 Å². The lowest BCUT2D eigenvalue weighted by atomic mass is 10.3. The summed E-state index contributed by atoms with van der Waals surface area (Å²) in [6, 6.07) is 0. The monoisotopic (exact) mass is 241 g/mol. The van der Waals surface area contributed by atoms with E-state index in [0.717, 1.165) is 11.5 Å². The van der Waals surface area contributed by atoms with Gasteiger partial charge < -0.3 is 14.2 Å². The molecule has 0 saturated heterocycles. The minimum Gasteiger partial charge on any atom is -0.485 e. The SMILES string of the molecule is [N-]=[N+]=NCCOCC1COc2cscc2O1. The Morgan fingerprint density at radius 2 is 2.44 bits per heavy atom. The smallest absolute Gasteiger partial charge is 0.172 e. The first kappa shape index (κ1) is 11.1. The van der Waals surface area contributed by atoms with E-state index in [9.17, 15) is 0 Å². The third kappa shape index (κ3) is 2.79. The predicted octanol–water partition coefficient (Wildman–Crippen LogP) is 2.21. The summed E-state index contributed by atoms with van der Waals surface area (Å²) in [5.41, 5.74) is 8.06. The Kier molecular flexibility index (Phi) is 3.87. The fourth-order valence-corrected chi connectivity index (χ4v) is 1.98. The number of hydrogen-bond donors (Lipinski definition) is 0. The Balaban J connectivity index is 1.71. The van der Waals surface area contributed by atoms with Crippen LogP contribution in [0.4, 0.5) is 0 Å². The van der Waals surface area contributed by atoms with Gasteiger partial charge in [-0.3, -0.25) is 0 Å². The molecule has 1 aromatic heterocycles. The second kappa shape index (κ2) is 5.60. The number of thiophene rings is 1. The molecule has 0 radical (unpaired) electrons. The molecule has 7 heteroatoms. The van der Waals surface area contributed by atoms with Crippen LogP contribution in [0.3, 0.4) is 0 Å². The molecule has 6 nitrogen and oxygen atoms in total. The van der Waals surface area contributed by atoms with Gasteiger partial charge in [0.15, 0.2) is 17.6 Å². The second-order valence-corrected chi connectivity index (χ2v) is 3.92. The zero-order valence-corrected chi connectivity index (χ0v) is 9.35. The van der Waals surface area contributed by atoms with Crippen molar-refractivity contribution in [3.8, 4) is 11.5 Å². The summed E-state index contributed by atoms with van der Waals surface area (Å²) in [6.45, 7) is 1.68. The van der Waals surface area contributed by atoms with Crippen molar-refractivity contribution in [3.63, 3.8) is 0 Å². The van der Waals surface area contributed by atoms with Crippen LogP contribution >= 0.6 is 11.3 Å². The second-order valence-electron chi connectivity index (χ2n) is 3.18. The molecule has 86 valence electrons. The van der Waals surface area contributed by atoms with Crippen LogP contribution in [0, 0.1) is 0 Å². The highest BCUT2D eigenvalue weighted by Gasteiger charge is 2.21. The Hall–Kier alpha value is -1.43. The van der Waals surface area contributed by atoms with Crippen molar-refractivity contribution in [2.45, 2.75) is 6.10 Å². The molecular formula is C9H11N3O3S. The predicted molar refractivity (Wildman–Crippen MR) is 59.1 cm³/mol.